The summed E-state index contributed by atoms with van der Waals surface area (Å²) in [4.78, 5) is 68.5. The van der Waals surface area contributed by atoms with Crippen molar-refractivity contribution in [3.05, 3.63) is 64.8 Å². The second-order valence-electron chi connectivity index (χ2n) is 8.94. The summed E-state index contributed by atoms with van der Waals surface area (Å²) in [6.07, 6.45) is 0.869. The maximum absolute atomic E-state index is 13.0. The Balaban J connectivity index is 1.19. The van der Waals surface area contributed by atoms with Crippen LogP contribution in [0.2, 0.25) is 0 Å². The molecule has 1 unspecified atom stereocenters. The molecule has 3 aromatic rings. The van der Waals surface area contributed by atoms with Gasteiger partial charge in [0.05, 0.1) is 17.7 Å². The first-order chi connectivity index (χ1) is 16.9. The van der Waals surface area contributed by atoms with Crippen LogP contribution in [0.1, 0.15) is 44.8 Å². The van der Waals surface area contributed by atoms with Gasteiger partial charge in [-0.25, -0.2) is 4.79 Å². The Hall–Kier alpha value is -4.47. The number of urea groups is 1. The van der Waals surface area contributed by atoms with Gasteiger partial charge in [0.2, 0.25) is 11.8 Å². The lowest BCUT2D eigenvalue weighted by Gasteiger charge is -2.27. The van der Waals surface area contributed by atoms with E-state index in [1.807, 2.05) is 18.2 Å². The molecule has 6 amide bonds. The molecule has 0 aliphatic carbocycles. The van der Waals surface area contributed by atoms with Gasteiger partial charge >= 0.3 is 6.03 Å². The second kappa shape index (κ2) is 7.79. The number of H-pyrrole nitrogens is 1. The van der Waals surface area contributed by atoms with Crippen molar-refractivity contribution in [1.29, 1.82) is 0 Å². The van der Waals surface area contributed by atoms with Crippen LogP contribution in [0.5, 0.6) is 0 Å². The average molecular weight is 471 g/mol. The van der Waals surface area contributed by atoms with Gasteiger partial charge in [-0.1, -0.05) is 18.2 Å². The summed E-state index contributed by atoms with van der Waals surface area (Å²) in [7, 11) is 0. The highest BCUT2D eigenvalue weighted by molar-refractivity contribution is 6.23. The number of anilines is 1. The first kappa shape index (κ1) is 21.1. The number of para-hydroxylation sites is 1. The summed E-state index contributed by atoms with van der Waals surface area (Å²) in [6.45, 7) is 0.980. The van der Waals surface area contributed by atoms with Crippen LogP contribution in [0, 0.1) is 0 Å². The molecule has 6 rings (SSSR count). The molecule has 3 aliphatic heterocycles. The maximum atomic E-state index is 13.0. The van der Waals surface area contributed by atoms with Gasteiger partial charge in [-0.2, -0.15) is 0 Å². The monoisotopic (exact) mass is 471 g/mol. The molecule has 0 saturated carbocycles. The fourth-order valence-corrected chi connectivity index (χ4v) is 5.12. The molecule has 2 aromatic carbocycles. The number of hydrogen-bond acceptors (Lipinski definition) is 5. The zero-order valence-electron chi connectivity index (χ0n) is 18.6. The largest absolute Gasteiger partial charge is 0.357 e. The molecular weight excluding hydrogens is 450 g/mol. The van der Waals surface area contributed by atoms with Gasteiger partial charge in [-0.3, -0.25) is 29.4 Å². The van der Waals surface area contributed by atoms with Crippen LogP contribution in [0.15, 0.2) is 42.5 Å². The molecule has 176 valence electrons. The predicted octanol–water partition coefficient (Wildman–Crippen LogP) is 2.16. The lowest BCUT2D eigenvalue weighted by Crippen LogP contribution is -2.54. The predicted molar refractivity (Wildman–Crippen MR) is 125 cm³/mol. The van der Waals surface area contributed by atoms with E-state index in [0.717, 1.165) is 22.5 Å². The topological polar surface area (TPSA) is 132 Å². The lowest BCUT2D eigenvalue weighted by atomic mass is 10.0. The van der Waals surface area contributed by atoms with E-state index in [-0.39, 0.29) is 30.0 Å². The van der Waals surface area contributed by atoms with Crippen LogP contribution < -0.4 is 10.6 Å². The van der Waals surface area contributed by atoms with Gasteiger partial charge in [0.1, 0.15) is 6.04 Å². The third-order valence-corrected chi connectivity index (χ3v) is 6.86. The highest BCUT2D eigenvalue weighted by Crippen LogP contribution is 2.31. The molecule has 0 radical (unpaired) electrons. The van der Waals surface area contributed by atoms with Crippen LogP contribution in [0.3, 0.4) is 0 Å². The minimum Gasteiger partial charge on any atom is -0.357 e. The number of carbonyl (C=O) groups excluding carboxylic acids is 5. The molecule has 0 spiro atoms. The summed E-state index contributed by atoms with van der Waals surface area (Å²) >= 11 is 0. The van der Waals surface area contributed by atoms with Gasteiger partial charge in [-0.05, 0) is 42.7 Å². The third-order valence-electron chi connectivity index (χ3n) is 6.86. The highest BCUT2D eigenvalue weighted by atomic mass is 16.2. The lowest BCUT2D eigenvalue weighted by molar-refractivity contribution is -0.136. The SMILES string of the molecule is O=C1CCC(N2C(=O)c3ccc(NC(=O)N4CCc5c([nH]c6ccccc56)C4)cc3C2=O)C(=O)N1. The number of piperidine rings is 1. The van der Waals surface area contributed by atoms with E-state index in [9.17, 15) is 24.0 Å². The van der Waals surface area contributed by atoms with E-state index in [2.05, 4.69) is 21.7 Å². The van der Waals surface area contributed by atoms with Crippen LogP contribution in [-0.4, -0.2) is 57.0 Å². The minimum absolute atomic E-state index is 0.0546. The van der Waals surface area contributed by atoms with Gasteiger partial charge in [-0.15, -0.1) is 0 Å². The van der Waals surface area contributed by atoms with Crippen LogP contribution >= 0.6 is 0 Å². The van der Waals surface area contributed by atoms with Crippen molar-refractivity contribution < 1.29 is 24.0 Å². The van der Waals surface area contributed by atoms with Crippen molar-refractivity contribution in [3.8, 4) is 0 Å². The summed E-state index contributed by atoms with van der Waals surface area (Å²) < 4.78 is 0. The van der Waals surface area contributed by atoms with Crippen molar-refractivity contribution in [3.63, 3.8) is 0 Å². The standard InChI is InChI=1S/C25H21N5O5/c31-21-8-7-20(22(32)28-21)30-23(33)16-6-5-13(11-17(16)24(30)34)26-25(35)29-10-9-15-14-3-1-2-4-18(14)27-19(15)12-29/h1-6,11,20,27H,7-10,12H2,(H,26,35)(H,28,31,32). The van der Waals surface area contributed by atoms with Crippen LogP contribution in [-0.2, 0) is 22.6 Å². The van der Waals surface area contributed by atoms with Crippen LogP contribution in [0.25, 0.3) is 10.9 Å². The number of aromatic nitrogens is 1. The Bertz CT molecular complexity index is 1460. The van der Waals surface area contributed by atoms with E-state index in [1.165, 1.54) is 23.1 Å². The van der Waals surface area contributed by atoms with Gasteiger partial charge < -0.3 is 15.2 Å². The summed E-state index contributed by atoms with van der Waals surface area (Å²) in [6, 6.07) is 11.2. The Morgan fingerprint density at radius 1 is 0.971 bits per heavy atom. The molecular formula is C25H21N5O5. The molecule has 0 bridgehead atoms. The molecule has 35 heavy (non-hydrogen) atoms. The Morgan fingerprint density at radius 2 is 1.77 bits per heavy atom. The molecule has 3 N–H and O–H groups in total. The van der Waals surface area contributed by atoms with Crippen LogP contribution in [0.4, 0.5) is 10.5 Å². The normalized spacial score (nSPS) is 19.6. The van der Waals surface area contributed by atoms with Crippen molar-refractivity contribution in [2.45, 2.75) is 31.8 Å². The number of amides is 6. The zero-order chi connectivity index (χ0) is 24.3. The first-order valence-electron chi connectivity index (χ1n) is 11.4. The minimum atomic E-state index is -1.03. The number of carbonyl (C=O) groups is 5. The number of nitrogens with zero attached hydrogens (tertiary/aromatic N) is 2. The number of nitrogens with one attached hydrogen (secondary N) is 3. The van der Waals surface area contributed by atoms with Crippen molar-refractivity contribution >= 4 is 46.3 Å². The maximum Gasteiger partial charge on any atom is 0.322 e. The average Bonchev–Trinajstić information content (AvgIpc) is 3.33. The van der Waals surface area contributed by atoms with Crippen molar-refractivity contribution in [2.24, 2.45) is 0 Å². The number of fused-ring (bicyclic) bond motifs is 4. The number of benzene rings is 2. The molecule has 4 heterocycles. The second-order valence-corrected chi connectivity index (χ2v) is 8.94. The fourth-order valence-electron chi connectivity index (χ4n) is 5.12. The Kier molecular flexibility index (Phi) is 4.70. The first-order valence-corrected chi connectivity index (χ1v) is 11.4. The van der Waals surface area contributed by atoms with Gasteiger partial charge in [0.25, 0.3) is 11.8 Å². The number of hydrogen-bond donors (Lipinski definition) is 3. The summed E-state index contributed by atoms with van der Waals surface area (Å²) in [5.41, 5.74) is 3.93. The quantitative estimate of drug-likeness (QED) is 0.493. The van der Waals surface area contributed by atoms with E-state index < -0.39 is 29.7 Å². The highest BCUT2D eigenvalue weighted by Gasteiger charge is 2.44. The van der Waals surface area contributed by atoms with E-state index in [4.69, 9.17) is 0 Å². The number of rotatable bonds is 2. The molecule has 1 saturated heterocycles. The van der Waals surface area contributed by atoms with Gasteiger partial charge in [0.15, 0.2) is 0 Å². The Labute approximate surface area is 199 Å². The van der Waals surface area contributed by atoms with Crippen molar-refractivity contribution in [1.82, 2.24) is 20.1 Å². The summed E-state index contributed by atoms with van der Waals surface area (Å²) in [5.74, 6) is -2.29. The van der Waals surface area contributed by atoms with E-state index in [1.54, 1.807) is 11.0 Å². The Morgan fingerprint density at radius 3 is 2.60 bits per heavy atom. The molecule has 10 heteroatoms. The molecule has 1 atom stereocenters. The number of imide groups is 2. The van der Waals surface area contributed by atoms with Crippen molar-refractivity contribution in [2.75, 3.05) is 11.9 Å². The smallest absolute Gasteiger partial charge is 0.322 e. The zero-order valence-corrected chi connectivity index (χ0v) is 18.6. The van der Waals surface area contributed by atoms with Gasteiger partial charge in [0, 0.05) is 35.2 Å². The number of aromatic amines is 1. The molecule has 1 fully saturated rings. The van der Waals surface area contributed by atoms with E-state index in [0.29, 0.717) is 18.8 Å². The molecule has 10 nitrogen and oxygen atoms in total. The van der Waals surface area contributed by atoms with E-state index >= 15 is 0 Å². The fraction of sp³-hybridized carbons (Fsp3) is 0.240. The third kappa shape index (κ3) is 3.37. The molecule has 3 aliphatic rings. The summed E-state index contributed by atoms with van der Waals surface area (Å²) in [5, 5.41) is 6.16. The molecule has 1 aromatic heterocycles.